The van der Waals surface area contributed by atoms with Crippen molar-refractivity contribution in [2.24, 2.45) is 0 Å². The first kappa shape index (κ1) is 20.3. The molecule has 150 valence electrons. The highest BCUT2D eigenvalue weighted by molar-refractivity contribution is 6.17. The molecule has 1 aromatic rings. The highest BCUT2D eigenvalue weighted by atomic mass is 35.5. The smallest absolute Gasteiger partial charge is 0.338 e. The lowest BCUT2D eigenvalue weighted by Crippen LogP contribution is -2.47. The van der Waals surface area contributed by atoms with E-state index < -0.39 is 11.9 Å². The zero-order valence-electron chi connectivity index (χ0n) is 15.6. The number of rotatable bonds is 6. The van der Waals surface area contributed by atoms with Crippen LogP contribution in [0, 0.1) is 0 Å². The summed E-state index contributed by atoms with van der Waals surface area (Å²) in [6, 6.07) is 5.14. The third-order valence-corrected chi connectivity index (χ3v) is 5.63. The fraction of sp³-hybridized carbons (Fsp3) is 0.650. The van der Waals surface area contributed by atoms with Gasteiger partial charge in [0.1, 0.15) is 11.9 Å². The summed E-state index contributed by atoms with van der Waals surface area (Å²) in [5, 5.41) is 0. The lowest BCUT2D eigenvalue weighted by atomic mass is 9.91. The quantitative estimate of drug-likeness (QED) is 0.514. The minimum absolute atomic E-state index is 0.00342. The molecule has 0 bridgehead atoms. The van der Waals surface area contributed by atoms with Crippen molar-refractivity contribution >= 4 is 17.6 Å². The van der Waals surface area contributed by atoms with E-state index in [0.717, 1.165) is 25.7 Å². The Hall–Kier alpha value is -1.40. The molecule has 0 radical (unpaired) electrons. The molecule has 0 amide bonds. The van der Waals surface area contributed by atoms with Crippen molar-refractivity contribution in [3.05, 3.63) is 29.3 Å². The molecule has 1 saturated heterocycles. The maximum atomic E-state index is 13.6. The van der Waals surface area contributed by atoms with E-state index in [1.807, 2.05) is 4.90 Å². The van der Waals surface area contributed by atoms with Crippen LogP contribution >= 0.6 is 11.6 Å². The van der Waals surface area contributed by atoms with Crippen molar-refractivity contribution in [3.63, 3.8) is 0 Å². The molecule has 2 unspecified atom stereocenters. The van der Waals surface area contributed by atoms with Crippen LogP contribution < -0.4 is 4.74 Å². The summed E-state index contributed by atoms with van der Waals surface area (Å²) in [5.74, 6) is -2.23. The van der Waals surface area contributed by atoms with Crippen molar-refractivity contribution < 1.29 is 23.0 Å². The van der Waals surface area contributed by atoms with E-state index in [4.69, 9.17) is 21.1 Å². The van der Waals surface area contributed by atoms with Crippen LogP contribution in [0.5, 0.6) is 5.75 Å². The second-order valence-corrected chi connectivity index (χ2v) is 7.52. The molecule has 2 aliphatic rings. The maximum absolute atomic E-state index is 13.6. The number of benzene rings is 1. The zero-order valence-corrected chi connectivity index (χ0v) is 16.3. The minimum Gasteiger partial charge on any atom is -0.489 e. The number of carbonyl (C=O) groups is 1. The van der Waals surface area contributed by atoms with Crippen LogP contribution in [0.1, 0.15) is 54.9 Å². The second-order valence-electron chi connectivity index (χ2n) is 7.26. The minimum atomic E-state index is -2.60. The number of halogens is 3. The van der Waals surface area contributed by atoms with Gasteiger partial charge in [0.05, 0.1) is 18.7 Å². The fourth-order valence-corrected chi connectivity index (χ4v) is 4.24. The van der Waals surface area contributed by atoms with Crippen LogP contribution in [0.25, 0.3) is 0 Å². The normalized spacial score (nSPS) is 25.3. The van der Waals surface area contributed by atoms with Crippen LogP contribution in [0.3, 0.4) is 0 Å². The molecule has 1 aliphatic carbocycles. The summed E-state index contributed by atoms with van der Waals surface area (Å²) >= 11 is 6.00. The molecule has 2 atom stereocenters. The van der Waals surface area contributed by atoms with E-state index in [1.54, 1.807) is 25.1 Å². The first-order valence-electron chi connectivity index (χ1n) is 9.58. The topological polar surface area (TPSA) is 38.8 Å². The van der Waals surface area contributed by atoms with E-state index >= 15 is 0 Å². The van der Waals surface area contributed by atoms with Gasteiger partial charge in [0.25, 0.3) is 5.92 Å². The molecular formula is C20H26ClF2NO3. The molecule has 1 saturated carbocycles. The highest BCUT2D eigenvalue weighted by Gasteiger charge is 2.43. The monoisotopic (exact) mass is 401 g/mol. The number of alkyl halides is 3. The number of esters is 1. The summed E-state index contributed by atoms with van der Waals surface area (Å²) in [6.07, 6.45) is 3.54. The van der Waals surface area contributed by atoms with Gasteiger partial charge in [-0.05, 0) is 49.9 Å². The summed E-state index contributed by atoms with van der Waals surface area (Å²) in [6.45, 7) is 2.27. The predicted molar refractivity (Wildman–Crippen MR) is 99.8 cm³/mol. The molecule has 7 heteroatoms. The number of likely N-dealkylation sites (tertiary alicyclic amines) is 1. The standard InChI is InChI=1S/C20H26ClF2NO3/c1-2-26-19(25)16-8-7-15(11-14(16)12-21)27-18-6-4-3-5-17(18)24-10-9-20(22,23)13-24/h7-8,11,17-18H,2-6,9-10,12-13H2,1H3. The number of hydrogen-bond donors (Lipinski definition) is 0. The van der Waals surface area contributed by atoms with Gasteiger partial charge in [-0.25, -0.2) is 13.6 Å². The van der Waals surface area contributed by atoms with Gasteiger partial charge < -0.3 is 9.47 Å². The average molecular weight is 402 g/mol. The van der Waals surface area contributed by atoms with Gasteiger partial charge in [-0.3, -0.25) is 4.90 Å². The van der Waals surface area contributed by atoms with Crippen molar-refractivity contribution in [1.29, 1.82) is 0 Å². The molecule has 1 aromatic carbocycles. The molecule has 0 aromatic heterocycles. The Balaban J connectivity index is 1.73. The number of nitrogens with zero attached hydrogens (tertiary/aromatic N) is 1. The molecule has 4 nitrogen and oxygen atoms in total. The number of ether oxygens (including phenoxy) is 2. The highest BCUT2D eigenvalue weighted by Crippen LogP contribution is 2.34. The molecule has 2 fully saturated rings. The average Bonchev–Trinajstić information content (AvgIpc) is 3.02. The second kappa shape index (κ2) is 8.74. The third kappa shape index (κ3) is 4.91. The van der Waals surface area contributed by atoms with E-state index in [1.165, 1.54) is 0 Å². The third-order valence-electron chi connectivity index (χ3n) is 5.34. The van der Waals surface area contributed by atoms with Gasteiger partial charge in [-0.2, -0.15) is 0 Å². The van der Waals surface area contributed by atoms with Crippen LogP contribution in [-0.2, 0) is 10.6 Å². The Kier molecular flexibility index (Phi) is 6.58. The maximum Gasteiger partial charge on any atom is 0.338 e. The van der Waals surface area contributed by atoms with Crippen LogP contribution in [-0.4, -0.2) is 48.6 Å². The Morgan fingerprint density at radius 1 is 1.33 bits per heavy atom. The van der Waals surface area contributed by atoms with Gasteiger partial charge in [0.15, 0.2) is 0 Å². The molecular weight excluding hydrogens is 376 g/mol. The first-order chi connectivity index (χ1) is 12.9. The molecule has 1 heterocycles. The molecule has 1 aliphatic heterocycles. The lowest BCUT2D eigenvalue weighted by molar-refractivity contribution is -0.00970. The van der Waals surface area contributed by atoms with Gasteiger partial charge in [-0.1, -0.05) is 6.42 Å². The lowest BCUT2D eigenvalue weighted by Gasteiger charge is -2.37. The van der Waals surface area contributed by atoms with Gasteiger partial charge in [0.2, 0.25) is 0 Å². The number of hydrogen-bond acceptors (Lipinski definition) is 4. The molecule has 3 rings (SSSR count). The van der Waals surface area contributed by atoms with Gasteiger partial charge in [0, 0.05) is 24.9 Å². The van der Waals surface area contributed by atoms with E-state index in [2.05, 4.69) is 0 Å². The Bertz CT molecular complexity index is 671. The molecule has 0 spiro atoms. The number of carbonyl (C=O) groups excluding carboxylic acids is 1. The Morgan fingerprint density at radius 3 is 2.78 bits per heavy atom. The van der Waals surface area contributed by atoms with Crippen LogP contribution in [0.4, 0.5) is 8.78 Å². The largest absolute Gasteiger partial charge is 0.489 e. The summed E-state index contributed by atoms with van der Waals surface area (Å²) < 4.78 is 38.5. The van der Waals surface area contributed by atoms with E-state index in [-0.39, 0.29) is 31.0 Å². The van der Waals surface area contributed by atoms with Crippen molar-refractivity contribution in [2.45, 2.75) is 63.0 Å². The summed E-state index contributed by atoms with van der Waals surface area (Å²) in [4.78, 5) is 13.9. The van der Waals surface area contributed by atoms with Crippen LogP contribution in [0.15, 0.2) is 18.2 Å². The van der Waals surface area contributed by atoms with E-state index in [0.29, 0.717) is 30.0 Å². The molecule has 27 heavy (non-hydrogen) atoms. The van der Waals surface area contributed by atoms with Gasteiger partial charge >= 0.3 is 5.97 Å². The Labute approximate surface area is 163 Å². The van der Waals surface area contributed by atoms with Crippen molar-refractivity contribution in [3.8, 4) is 5.75 Å². The first-order valence-corrected chi connectivity index (χ1v) is 10.1. The van der Waals surface area contributed by atoms with Crippen LogP contribution in [0.2, 0.25) is 0 Å². The fourth-order valence-electron chi connectivity index (χ4n) is 4.01. The predicted octanol–water partition coefficient (Wildman–Crippen LogP) is 4.63. The van der Waals surface area contributed by atoms with Crippen molar-refractivity contribution in [1.82, 2.24) is 4.90 Å². The van der Waals surface area contributed by atoms with Gasteiger partial charge in [-0.15, -0.1) is 11.6 Å². The molecule has 0 N–H and O–H groups in total. The zero-order chi connectivity index (χ0) is 19.4. The summed E-state index contributed by atoms with van der Waals surface area (Å²) in [5.41, 5.74) is 1.08. The van der Waals surface area contributed by atoms with E-state index in [9.17, 15) is 13.6 Å². The van der Waals surface area contributed by atoms with Crippen molar-refractivity contribution in [2.75, 3.05) is 19.7 Å². The summed E-state index contributed by atoms with van der Waals surface area (Å²) in [7, 11) is 0. The Morgan fingerprint density at radius 2 is 2.11 bits per heavy atom. The SMILES string of the molecule is CCOC(=O)c1ccc(OC2CCCCC2N2CCC(F)(F)C2)cc1CCl.